The third-order valence-corrected chi connectivity index (χ3v) is 2.96. The number of imidazole rings is 1. The lowest BCUT2D eigenvalue weighted by Crippen LogP contribution is -1.92. The SMILES string of the molecule is COc1ccc2[nH]c(-c3c(F)cccc3OC)nc2n1. The van der Waals surface area contributed by atoms with Crippen LogP contribution in [-0.2, 0) is 0 Å². The Bertz CT molecular complexity index is 770. The highest BCUT2D eigenvalue weighted by Crippen LogP contribution is 2.31. The molecule has 1 N–H and O–H groups in total. The predicted molar refractivity (Wildman–Crippen MR) is 72.4 cm³/mol. The molecular formula is C14H12FN3O2. The lowest BCUT2D eigenvalue weighted by atomic mass is 10.2. The number of halogens is 1. The molecule has 1 aromatic carbocycles. The van der Waals surface area contributed by atoms with Crippen LogP contribution in [0.2, 0.25) is 0 Å². The van der Waals surface area contributed by atoms with Gasteiger partial charge in [-0.3, -0.25) is 0 Å². The summed E-state index contributed by atoms with van der Waals surface area (Å²) in [7, 11) is 3.02. The van der Waals surface area contributed by atoms with E-state index in [0.717, 1.165) is 0 Å². The van der Waals surface area contributed by atoms with E-state index in [2.05, 4.69) is 15.0 Å². The second-order valence-electron chi connectivity index (χ2n) is 4.13. The van der Waals surface area contributed by atoms with E-state index in [-0.39, 0.29) is 5.56 Å². The third-order valence-electron chi connectivity index (χ3n) is 2.96. The van der Waals surface area contributed by atoms with Gasteiger partial charge in [-0.2, -0.15) is 4.98 Å². The maximum Gasteiger partial charge on any atom is 0.215 e. The Balaban J connectivity index is 2.20. The summed E-state index contributed by atoms with van der Waals surface area (Å²) in [6.07, 6.45) is 0. The molecule has 3 aromatic rings. The molecule has 0 amide bonds. The van der Waals surface area contributed by atoms with Crippen molar-refractivity contribution >= 4 is 11.2 Å². The van der Waals surface area contributed by atoms with Crippen LogP contribution in [0.5, 0.6) is 11.6 Å². The lowest BCUT2D eigenvalue weighted by molar-refractivity contribution is 0.399. The second kappa shape index (κ2) is 4.80. The summed E-state index contributed by atoms with van der Waals surface area (Å²) in [4.78, 5) is 11.5. The molecule has 2 heterocycles. The van der Waals surface area contributed by atoms with Crippen molar-refractivity contribution in [1.82, 2.24) is 15.0 Å². The normalized spacial score (nSPS) is 10.8. The van der Waals surface area contributed by atoms with Crippen molar-refractivity contribution in [2.75, 3.05) is 14.2 Å². The number of fused-ring (bicyclic) bond motifs is 1. The Morgan fingerprint density at radius 3 is 2.65 bits per heavy atom. The fourth-order valence-electron chi connectivity index (χ4n) is 2.01. The highest BCUT2D eigenvalue weighted by atomic mass is 19.1. The molecule has 0 radical (unpaired) electrons. The summed E-state index contributed by atoms with van der Waals surface area (Å²) in [5.74, 6) is 0.832. The highest BCUT2D eigenvalue weighted by molar-refractivity contribution is 5.78. The van der Waals surface area contributed by atoms with E-state index in [1.165, 1.54) is 20.3 Å². The molecular weight excluding hydrogens is 261 g/mol. The average Bonchev–Trinajstić information content (AvgIpc) is 2.88. The van der Waals surface area contributed by atoms with Crippen LogP contribution in [-0.4, -0.2) is 29.2 Å². The molecule has 0 saturated heterocycles. The number of hydrogen-bond acceptors (Lipinski definition) is 4. The van der Waals surface area contributed by atoms with Gasteiger partial charge in [-0.05, 0) is 18.2 Å². The molecule has 0 fully saturated rings. The summed E-state index contributed by atoms with van der Waals surface area (Å²) >= 11 is 0. The molecule has 0 bridgehead atoms. The number of methoxy groups -OCH3 is 2. The molecule has 0 atom stereocenters. The first-order chi connectivity index (χ1) is 9.72. The van der Waals surface area contributed by atoms with Crippen molar-refractivity contribution in [2.45, 2.75) is 0 Å². The van der Waals surface area contributed by atoms with Crippen molar-refractivity contribution in [3.63, 3.8) is 0 Å². The van der Waals surface area contributed by atoms with Crippen molar-refractivity contribution in [3.05, 3.63) is 36.1 Å². The van der Waals surface area contributed by atoms with Crippen molar-refractivity contribution in [1.29, 1.82) is 0 Å². The molecule has 6 heteroatoms. The number of rotatable bonds is 3. The van der Waals surface area contributed by atoms with E-state index in [4.69, 9.17) is 9.47 Å². The van der Waals surface area contributed by atoms with Crippen LogP contribution < -0.4 is 9.47 Å². The van der Waals surface area contributed by atoms with Crippen molar-refractivity contribution in [2.24, 2.45) is 0 Å². The Morgan fingerprint density at radius 1 is 1.05 bits per heavy atom. The number of nitrogens with zero attached hydrogens (tertiary/aromatic N) is 2. The monoisotopic (exact) mass is 273 g/mol. The minimum atomic E-state index is -0.407. The van der Waals surface area contributed by atoms with Gasteiger partial charge in [-0.15, -0.1) is 0 Å². The van der Waals surface area contributed by atoms with Gasteiger partial charge in [0.1, 0.15) is 17.4 Å². The number of hydrogen-bond donors (Lipinski definition) is 1. The quantitative estimate of drug-likeness (QED) is 0.797. The standard InChI is InChI=1S/C14H12FN3O2/c1-19-10-5-3-4-8(15)12(10)14-16-9-6-7-11(20-2)17-13(9)18-14/h3-7H,1-2H3,(H,16,17,18). The van der Waals surface area contributed by atoms with Gasteiger partial charge in [0.2, 0.25) is 5.88 Å². The zero-order valence-electron chi connectivity index (χ0n) is 11.0. The first-order valence-corrected chi connectivity index (χ1v) is 5.96. The molecule has 20 heavy (non-hydrogen) atoms. The molecule has 5 nitrogen and oxygen atoms in total. The van der Waals surface area contributed by atoms with Crippen LogP contribution in [0.15, 0.2) is 30.3 Å². The van der Waals surface area contributed by atoms with Crippen LogP contribution in [0.4, 0.5) is 4.39 Å². The summed E-state index contributed by atoms with van der Waals surface area (Å²) in [5.41, 5.74) is 1.45. The summed E-state index contributed by atoms with van der Waals surface area (Å²) in [6, 6.07) is 8.12. The Labute approximate surface area is 114 Å². The van der Waals surface area contributed by atoms with Gasteiger partial charge in [0, 0.05) is 6.07 Å². The number of benzene rings is 1. The topological polar surface area (TPSA) is 60.0 Å². The minimum absolute atomic E-state index is 0.284. The third kappa shape index (κ3) is 1.95. The van der Waals surface area contributed by atoms with Gasteiger partial charge >= 0.3 is 0 Å². The fourth-order valence-corrected chi connectivity index (χ4v) is 2.01. The van der Waals surface area contributed by atoms with E-state index in [1.54, 1.807) is 24.3 Å². The molecule has 0 spiro atoms. The van der Waals surface area contributed by atoms with Crippen molar-refractivity contribution in [3.8, 4) is 23.0 Å². The van der Waals surface area contributed by atoms with Gasteiger partial charge in [0.15, 0.2) is 5.65 Å². The van der Waals surface area contributed by atoms with Crippen LogP contribution in [0.25, 0.3) is 22.6 Å². The number of pyridine rings is 1. The molecule has 0 unspecified atom stereocenters. The van der Waals surface area contributed by atoms with Gasteiger partial charge < -0.3 is 14.5 Å². The van der Waals surface area contributed by atoms with Crippen LogP contribution >= 0.6 is 0 Å². The molecule has 3 rings (SSSR count). The van der Waals surface area contributed by atoms with E-state index in [9.17, 15) is 4.39 Å². The second-order valence-corrected chi connectivity index (χ2v) is 4.13. The van der Waals surface area contributed by atoms with Crippen molar-refractivity contribution < 1.29 is 13.9 Å². The number of nitrogens with one attached hydrogen (secondary N) is 1. The van der Waals surface area contributed by atoms with E-state index >= 15 is 0 Å². The fraction of sp³-hybridized carbons (Fsp3) is 0.143. The summed E-state index contributed by atoms with van der Waals surface area (Å²) < 4.78 is 24.2. The number of aromatic amines is 1. The average molecular weight is 273 g/mol. The number of aromatic nitrogens is 3. The van der Waals surface area contributed by atoms with Gasteiger partial charge in [-0.1, -0.05) is 6.07 Å². The van der Waals surface area contributed by atoms with Crippen LogP contribution in [0.3, 0.4) is 0 Å². The maximum atomic E-state index is 14.0. The van der Waals surface area contributed by atoms with Gasteiger partial charge in [-0.25, -0.2) is 9.37 Å². The summed E-state index contributed by atoms with van der Waals surface area (Å²) in [5, 5.41) is 0. The molecule has 0 aliphatic carbocycles. The molecule has 0 aliphatic rings. The number of ether oxygens (including phenoxy) is 2. The zero-order chi connectivity index (χ0) is 14.1. The van der Waals surface area contributed by atoms with E-state index < -0.39 is 5.82 Å². The van der Waals surface area contributed by atoms with Gasteiger partial charge in [0.25, 0.3) is 0 Å². The Hall–Kier alpha value is -2.63. The first-order valence-electron chi connectivity index (χ1n) is 5.96. The smallest absolute Gasteiger partial charge is 0.215 e. The zero-order valence-corrected chi connectivity index (χ0v) is 11.0. The summed E-state index contributed by atoms with van der Waals surface area (Å²) in [6.45, 7) is 0. The van der Waals surface area contributed by atoms with E-state index in [0.29, 0.717) is 28.6 Å². The predicted octanol–water partition coefficient (Wildman–Crippen LogP) is 2.78. The highest BCUT2D eigenvalue weighted by Gasteiger charge is 2.16. The maximum absolute atomic E-state index is 14.0. The first kappa shape index (κ1) is 12.4. The molecule has 0 saturated carbocycles. The van der Waals surface area contributed by atoms with E-state index in [1.807, 2.05) is 0 Å². The largest absolute Gasteiger partial charge is 0.496 e. The lowest BCUT2D eigenvalue weighted by Gasteiger charge is -2.06. The van der Waals surface area contributed by atoms with Gasteiger partial charge in [0.05, 0.1) is 25.3 Å². The minimum Gasteiger partial charge on any atom is -0.496 e. The molecule has 0 aliphatic heterocycles. The Morgan fingerprint density at radius 2 is 1.90 bits per heavy atom. The molecule has 2 aromatic heterocycles. The Kier molecular flexibility index (Phi) is 2.98. The van der Waals surface area contributed by atoms with Crippen LogP contribution in [0.1, 0.15) is 0 Å². The van der Waals surface area contributed by atoms with Crippen LogP contribution in [0, 0.1) is 5.82 Å². The molecule has 102 valence electrons. The number of H-pyrrole nitrogens is 1.